The summed E-state index contributed by atoms with van der Waals surface area (Å²) in [6.07, 6.45) is 8.78. The molecule has 0 aliphatic carbocycles. The molecule has 0 N–H and O–H groups in total. The van der Waals surface area contributed by atoms with Crippen LogP contribution in [0.1, 0.15) is 63.1 Å². The van der Waals surface area contributed by atoms with Crippen LogP contribution in [0.5, 0.6) is 0 Å². The van der Waals surface area contributed by atoms with E-state index in [4.69, 9.17) is 4.98 Å². The summed E-state index contributed by atoms with van der Waals surface area (Å²) >= 11 is 0. The molecule has 3 heteroatoms. The fourth-order valence-electron chi connectivity index (χ4n) is 4.06. The van der Waals surface area contributed by atoms with Gasteiger partial charge in [0, 0.05) is 31.9 Å². The van der Waals surface area contributed by atoms with Crippen LogP contribution in [0.15, 0.2) is 12.3 Å². The highest BCUT2D eigenvalue weighted by Gasteiger charge is 2.28. The van der Waals surface area contributed by atoms with E-state index in [0.717, 1.165) is 5.92 Å². The van der Waals surface area contributed by atoms with Gasteiger partial charge in [0.2, 0.25) is 0 Å². The van der Waals surface area contributed by atoms with Crippen LogP contribution in [0.25, 0.3) is 0 Å². The molecule has 3 heterocycles. The van der Waals surface area contributed by atoms with Crippen molar-refractivity contribution in [3.63, 3.8) is 0 Å². The molecule has 3 nitrogen and oxygen atoms in total. The number of pyridine rings is 1. The number of aryl methyl sites for hydroxylation is 1. The van der Waals surface area contributed by atoms with Crippen LogP contribution in [0.3, 0.4) is 0 Å². The first kappa shape index (κ1) is 15.8. The van der Waals surface area contributed by atoms with Crippen LogP contribution >= 0.6 is 0 Å². The minimum absolute atomic E-state index is 0.588. The Hall–Kier alpha value is -1.09. The molecular weight excluding hydrogens is 270 g/mol. The zero-order valence-electron chi connectivity index (χ0n) is 14.5. The number of nitrogens with zero attached hydrogens (tertiary/aromatic N) is 3. The average molecular weight is 301 g/mol. The van der Waals surface area contributed by atoms with Crippen molar-refractivity contribution in [3.05, 3.63) is 23.4 Å². The van der Waals surface area contributed by atoms with E-state index in [1.165, 1.54) is 75.2 Å². The predicted molar refractivity (Wildman–Crippen MR) is 93.4 cm³/mol. The molecule has 0 bridgehead atoms. The van der Waals surface area contributed by atoms with Crippen molar-refractivity contribution in [2.45, 2.75) is 58.9 Å². The second-order valence-corrected chi connectivity index (χ2v) is 7.49. The monoisotopic (exact) mass is 301 g/mol. The number of aromatic nitrogens is 1. The van der Waals surface area contributed by atoms with Crippen LogP contribution in [-0.4, -0.2) is 36.1 Å². The third-order valence-electron chi connectivity index (χ3n) is 5.14. The van der Waals surface area contributed by atoms with Crippen LogP contribution < -0.4 is 4.90 Å². The summed E-state index contributed by atoms with van der Waals surface area (Å²) in [4.78, 5) is 9.94. The van der Waals surface area contributed by atoms with E-state index < -0.39 is 0 Å². The van der Waals surface area contributed by atoms with Gasteiger partial charge in [-0.05, 0) is 68.7 Å². The van der Waals surface area contributed by atoms with Gasteiger partial charge < -0.3 is 4.90 Å². The molecule has 2 aliphatic heterocycles. The van der Waals surface area contributed by atoms with Gasteiger partial charge in [-0.3, -0.25) is 4.90 Å². The number of likely N-dealkylation sites (tertiary alicyclic amines) is 1. The minimum Gasteiger partial charge on any atom is -0.357 e. The Balaban J connectivity index is 1.76. The molecule has 1 aromatic heterocycles. The first-order valence-electron chi connectivity index (χ1n) is 9.10. The summed E-state index contributed by atoms with van der Waals surface area (Å²) in [7, 11) is 0. The number of anilines is 1. The first-order valence-corrected chi connectivity index (χ1v) is 9.10. The van der Waals surface area contributed by atoms with Gasteiger partial charge in [-0.25, -0.2) is 4.98 Å². The molecule has 2 saturated heterocycles. The summed E-state index contributed by atoms with van der Waals surface area (Å²) in [6, 6.07) is 2.91. The Morgan fingerprint density at radius 2 is 1.91 bits per heavy atom. The van der Waals surface area contributed by atoms with Crippen molar-refractivity contribution < 1.29 is 0 Å². The van der Waals surface area contributed by atoms with E-state index in [1.807, 2.05) is 0 Å². The van der Waals surface area contributed by atoms with E-state index in [2.05, 4.69) is 42.8 Å². The maximum atomic E-state index is 4.82. The van der Waals surface area contributed by atoms with Gasteiger partial charge in [-0.15, -0.1) is 0 Å². The molecular formula is C19H31N3. The molecule has 0 radical (unpaired) electrons. The summed E-state index contributed by atoms with van der Waals surface area (Å²) < 4.78 is 0. The van der Waals surface area contributed by atoms with Gasteiger partial charge in [-0.1, -0.05) is 13.8 Å². The van der Waals surface area contributed by atoms with Crippen molar-refractivity contribution in [1.29, 1.82) is 0 Å². The molecule has 1 atom stereocenters. The highest BCUT2D eigenvalue weighted by atomic mass is 15.2. The largest absolute Gasteiger partial charge is 0.357 e. The molecule has 122 valence electrons. The molecule has 22 heavy (non-hydrogen) atoms. The van der Waals surface area contributed by atoms with E-state index in [9.17, 15) is 0 Å². The topological polar surface area (TPSA) is 19.4 Å². The fraction of sp³-hybridized carbons (Fsp3) is 0.737. The molecule has 1 aromatic rings. The van der Waals surface area contributed by atoms with Crippen molar-refractivity contribution in [2.24, 2.45) is 5.92 Å². The smallest absolute Gasteiger partial charge is 0.128 e. The van der Waals surface area contributed by atoms with E-state index >= 15 is 0 Å². The summed E-state index contributed by atoms with van der Waals surface area (Å²) in [5.41, 5.74) is 2.88. The Bertz CT molecular complexity index is 491. The maximum absolute atomic E-state index is 4.82. The molecule has 0 unspecified atom stereocenters. The van der Waals surface area contributed by atoms with E-state index in [0.29, 0.717) is 6.04 Å². The Kier molecular flexibility index (Phi) is 5.02. The van der Waals surface area contributed by atoms with Gasteiger partial charge in [0.15, 0.2) is 0 Å². The lowest BCUT2D eigenvalue weighted by molar-refractivity contribution is 0.228. The predicted octanol–water partition coefficient (Wildman–Crippen LogP) is 4.17. The molecule has 3 rings (SSSR count). The van der Waals surface area contributed by atoms with Gasteiger partial charge in [0.1, 0.15) is 5.82 Å². The Labute approximate surface area is 135 Å². The van der Waals surface area contributed by atoms with E-state index in [-0.39, 0.29) is 0 Å². The molecule has 0 aromatic carbocycles. The number of hydrogen-bond donors (Lipinski definition) is 0. The lowest BCUT2D eigenvalue weighted by Gasteiger charge is -2.30. The van der Waals surface area contributed by atoms with Gasteiger partial charge in [0.25, 0.3) is 0 Å². The summed E-state index contributed by atoms with van der Waals surface area (Å²) in [5.74, 6) is 1.93. The maximum Gasteiger partial charge on any atom is 0.128 e. The normalized spacial score (nSPS) is 23.5. The van der Waals surface area contributed by atoms with Crippen LogP contribution in [-0.2, 0) is 0 Å². The van der Waals surface area contributed by atoms with Crippen LogP contribution in [0.4, 0.5) is 5.82 Å². The molecule has 0 spiro atoms. The van der Waals surface area contributed by atoms with Crippen molar-refractivity contribution in [2.75, 3.05) is 31.1 Å². The zero-order chi connectivity index (χ0) is 15.5. The van der Waals surface area contributed by atoms with Crippen molar-refractivity contribution in [1.82, 2.24) is 9.88 Å². The third kappa shape index (κ3) is 3.45. The summed E-state index contributed by atoms with van der Waals surface area (Å²) in [5, 5.41) is 0. The van der Waals surface area contributed by atoms with Gasteiger partial charge >= 0.3 is 0 Å². The summed E-state index contributed by atoms with van der Waals surface area (Å²) in [6.45, 7) is 11.7. The quantitative estimate of drug-likeness (QED) is 0.832. The van der Waals surface area contributed by atoms with Crippen LogP contribution in [0.2, 0.25) is 0 Å². The van der Waals surface area contributed by atoms with Crippen LogP contribution in [0, 0.1) is 12.8 Å². The highest BCUT2D eigenvalue weighted by Crippen LogP contribution is 2.34. The SMILES string of the molecule is Cc1cc(N2CCCCC2)ncc1[C@H]1CCCN1CC(C)C. The number of hydrogen-bond acceptors (Lipinski definition) is 3. The molecule has 0 amide bonds. The lowest BCUT2D eigenvalue weighted by Crippen LogP contribution is -2.31. The fourth-order valence-corrected chi connectivity index (χ4v) is 4.06. The molecule has 0 saturated carbocycles. The van der Waals surface area contributed by atoms with Crippen molar-refractivity contribution in [3.8, 4) is 0 Å². The average Bonchev–Trinajstić information content (AvgIpc) is 2.95. The molecule has 2 aliphatic rings. The van der Waals surface area contributed by atoms with Gasteiger partial charge in [-0.2, -0.15) is 0 Å². The first-order chi connectivity index (χ1) is 10.6. The second kappa shape index (κ2) is 6.99. The third-order valence-corrected chi connectivity index (χ3v) is 5.14. The standard InChI is InChI=1S/C19H31N3/c1-15(2)14-22-11-7-8-18(22)17-13-20-19(12-16(17)3)21-9-5-4-6-10-21/h12-13,15,18H,4-11,14H2,1-3H3/t18-/m1/s1. The second-order valence-electron chi connectivity index (χ2n) is 7.49. The van der Waals surface area contributed by atoms with E-state index in [1.54, 1.807) is 0 Å². The van der Waals surface area contributed by atoms with Crippen molar-refractivity contribution >= 4 is 5.82 Å². The zero-order valence-corrected chi connectivity index (χ0v) is 14.5. The molecule has 2 fully saturated rings. The number of rotatable bonds is 4. The lowest BCUT2D eigenvalue weighted by atomic mass is 10.0. The highest BCUT2D eigenvalue weighted by molar-refractivity contribution is 5.44. The Morgan fingerprint density at radius 1 is 1.14 bits per heavy atom. The minimum atomic E-state index is 0.588. The number of piperidine rings is 1. The Morgan fingerprint density at radius 3 is 2.59 bits per heavy atom. The van der Waals surface area contributed by atoms with Gasteiger partial charge in [0.05, 0.1) is 0 Å².